The number of hydrogen-bond donors (Lipinski definition) is 2. The largest absolute Gasteiger partial charge is 0.493 e. The van der Waals surface area contributed by atoms with Crippen molar-refractivity contribution >= 4 is 16.8 Å². The predicted molar refractivity (Wildman–Crippen MR) is 139 cm³/mol. The summed E-state index contributed by atoms with van der Waals surface area (Å²) >= 11 is 0. The van der Waals surface area contributed by atoms with Gasteiger partial charge in [0.2, 0.25) is 5.91 Å². The fourth-order valence-corrected chi connectivity index (χ4v) is 7.96. The van der Waals surface area contributed by atoms with Crippen LogP contribution in [0.4, 0.5) is 0 Å². The van der Waals surface area contributed by atoms with Gasteiger partial charge in [-0.2, -0.15) is 0 Å². The third kappa shape index (κ3) is 2.51. The first-order chi connectivity index (χ1) is 18.0. The molecule has 1 fully saturated rings. The Balaban J connectivity index is 1.33. The molecule has 1 saturated heterocycles. The predicted octanol–water partition coefficient (Wildman–Crippen LogP) is 4.23. The van der Waals surface area contributed by atoms with E-state index in [-0.39, 0.29) is 18.1 Å². The highest BCUT2D eigenvalue weighted by atomic mass is 16.5. The number of benzene rings is 3. The summed E-state index contributed by atoms with van der Waals surface area (Å²) in [5.41, 5.74) is 4.59. The van der Waals surface area contributed by atoms with Crippen LogP contribution in [0.2, 0.25) is 0 Å². The van der Waals surface area contributed by atoms with Gasteiger partial charge in [-0.15, -0.1) is 0 Å². The number of likely N-dealkylation sites (tertiary alicyclic amines) is 1. The van der Waals surface area contributed by atoms with Crippen molar-refractivity contribution in [1.29, 1.82) is 0 Å². The molecular formula is C31H28N2O4. The Bertz CT molecular complexity index is 1590. The van der Waals surface area contributed by atoms with Crippen molar-refractivity contribution in [3.63, 3.8) is 0 Å². The van der Waals surface area contributed by atoms with E-state index in [1.54, 1.807) is 7.11 Å². The molecule has 186 valence electrons. The van der Waals surface area contributed by atoms with Crippen LogP contribution in [0.1, 0.15) is 40.5 Å². The fourth-order valence-electron chi connectivity index (χ4n) is 7.96. The lowest BCUT2D eigenvalue weighted by Gasteiger charge is -2.62. The third-order valence-corrected chi connectivity index (χ3v) is 9.49. The first-order valence-corrected chi connectivity index (χ1v) is 13.1. The number of piperidine rings is 1. The molecule has 4 atom stereocenters. The molecule has 37 heavy (non-hydrogen) atoms. The highest BCUT2D eigenvalue weighted by Crippen LogP contribution is 2.69. The van der Waals surface area contributed by atoms with Crippen LogP contribution in [-0.2, 0) is 29.5 Å². The maximum absolute atomic E-state index is 13.8. The molecule has 0 radical (unpaired) electrons. The summed E-state index contributed by atoms with van der Waals surface area (Å²) in [6.07, 6.45) is 1.67. The lowest BCUT2D eigenvalue weighted by Crippen LogP contribution is -2.75. The number of amides is 1. The van der Waals surface area contributed by atoms with Crippen molar-refractivity contribution in [3.05, 3.63) is 94.7 Å². The van der Waals surface area contributed by atoms with Crippen LogP contribution >= 0.6 is 0 Å². The van der Waals surface area contributed by atoms with Gasteiger partial charge in [-0.25, -0.2) is 0 Å². The number of aromatic amines is 1. The van der Waals surface area contributed by atoms with E-state index < -0.39 is 11.0 Å². The maximum atomic E-state index is 13.8. The van der Waals surface area contributed by atoms with Crippen molar-refractivity contribution in [3.8, 4) is 11.5 Å². The van der Waals surface area contributed by atoms with Gasteiger partial charge in [0, 0.05) is 29.4 Å². The number of methoxy groups -OCH3 is 1. The number of nitrogens with one attached hydrogen (secondary N) is 1. The number of aliphatic hydroxyl groups is 1. The molecule has 4 aromatic rings. The molecule has 8 rings (SSSR count). The molecule has 2 N–H and O–H groups in total. The van der Waals surface area contributed by atoms with Crippen molar-refractivity contribution in [2.24, 2.45) is 0 Å². The number of carbonyl (C=O) groups is 1. The number of ether oxygens (including phenoxy) is 2. The quantitative estimate of drug-likeness (QED) is 0.449. The van der Waals surface area contributed by atoms with Gasteiger partial charge in [-0.3, -0.25) is 4.79 Å². The summed E-state index contributed by atoms with van der Waals surface area (Å²) in [5, 5.41) is 14.1. The van der Waals surface area contributed by atoms with E-state index in [0.717, 1.165) is 44.6 Å². The number of hydrogen-bond acceptors (Lipinski definition) is 4. The van der Waals surface area contributed by atoms with Gasteiger partial charge in [-0.05, 0) is 41.7 Å². The molecule has 3 aromatic carbocycles. The van der Waals surface area contributed by atoms with Gasteiger partial charge in [0.1, 0.15) is 5.60 Å². The summed E-state index contributed by atoms with van der Waals surface area (Å²) in [6, 6.07) is 21.9. The van der Waals surface area contributed by atoms with Crippen LogP contribution in [0.25, 0.3) is 10.9 Å². The molecule has 2 aliphatic heterocycles. The monoisotopic (exact) mass is 492 g/mol. The zero-order valence-corrected chi connectivity index (χ0v) is 20.7. The van der Waals surface area contributed by atoms with Gasteiger partial charge in [0.15, 0.2) is 17.6 Å². The topological polar surface area (TPSA) is 74.8 Å². The zero-order valence-electron chi connectivity index (χ0n) is 20.7. The van der Waals surface area contributed by atoms with E-state index >= 15 is 0 Å². The van der Waals surface area contributed by atoms with Gasteiger partial charge in [0.05, 0.1) is 30.7 Å². The van der Waals surface area contributed by atoms with E-state index in [1.165, 1.54) is 0 Å². The van der Waals surface area contributed by atoms with Crippen LogP contribution in [0.3, 0.4) is 0 Å². The second-order valence-corrected chi connectivity index (χ2v) is 11.0. The number of rotatable bonds is 3. The van der Waals surface area contributed by atoms with E-state index in [0.29, 0.717) is 38.0 Å². The molecule has 4 aliphatic rings. The molecule has 0 saturated carbocycles. The summed E-state index contributed by atoms with van der Waals surface area (Å²) in [4.78, 5) is 19.4. The number of para-hydroxylation sites is 1. The van der Waals surface area contributed by atoms with Crippen LogP contribution < -0.4 is 9.47 Å². The molecule has 6 heteroatoms. The average Bonchev–Trinajstić information content (AvgIpc) is 3.44. The van der Waals surface area contributed by atoms with Crippen LogP contribution in [0.15, 0.2) is 66.7 Å². The summed E-state index contributed by atoms with van der Waals surface area (Å²) in [5.74, 6) is 1.51. The smallest absolute Gasteiger partial charge is 0.227 e. The van der Waals surface area contributed by atoms with E-state index in [4.69, 9.17) is 9.47 Å². The minimum absolute atomic E-state index is 0.0665. The van der Waals surface area contributed by atoms with E-state index in [1.807, 2.05) is 53.4 Å². The van der Waals surface area contributed by atoms with Crippen molar-refractivity contribution in [2.45, 2.75) is 48.8 Å². The Morgan fingerprint density at radius 3 is 2.78 bits per heavy atom. The first-order valence-electron chi connectivity index (χ1n) is 13.1. The fraction of sp³-hybridized carbons (Fsp3) is 0.323. The van der Waals surface area contributed by atoms with Gasteiger partial charge in [-0.1, -0.05) is 54.6 Å². The zero-order chi connectivity index (χ0) is 24.9. The standard InChI is InChI=1S/C31H28N2O4/c1-36-23-12-11-19-16-24-31(35)17-21-20-9-5-6-10-22(20)32-27(21)29-30(31,26(19)28(23)37-29)13-14-33(24)25(34)15-18-7-3-2-4-8-18/h2-12,24,29,32,35H,13-17H2,1H3/t24-,29+,30+,31-/m1/s1. The van der Waals surface area contributed by atoms with Gasteiger partial charge in [0.25, 0.3) is 0 Å². The van der Waals surface area contributed by atoms with E-state index in [9.17, 15) is 9.90 Å². The highest BCUT2D eigenvalue weighted by Gasteiger charge is 2.73. The highest BCUT2D eigenvalue weighted by molar-refractivity contribution is 5.87. The van der Waals surface area contributed by atoms with Crippen LogP contribution in [0, 0.1) is 0 Å². The Hall–Kier alpha value is -3.77. The first kappa shape index (κ1) is 21.3. The molecule has 2 bridgehead atoms. The number of carbonyl (C=O) groups excluding carboxylic acids is 1. The second kappa shape index (κ2) is 7.17. The Kier molecular flexibility index (Phi) is 4.13. The molecular weight excluding hydrogens is 464 g/mol. The lowest BCUT2D eigenvalue weighted by atomic mass is 9.49. The average molecular weight is 493 g/mol. The molecule has 3 heterocycles. The minimum atomic E-state index is -1.16. The second-order valence-electron chi connectivity index (χ2n) is 11.0. The van der Waals surface area contributed by atoms with Crippen LogP contribution in [0.5, 0.6) is 11.5 Å². The Labute approximate surface area is 214 Å². The molecule has 1 spiro atoms. The minimum Gasteiger partial charge on any atom is -0.493 e. The summed E-state index contributed by atoms with van der Waals surface area (Å²) in [6.45, 7) is 0.587. The van der Waals surface area contributed by atoms with Crippen molar-refractivity contribution < 1.29 is 19.4 Å². The van der Waals surface area contributed by atoms with Crippen molar-refractivity contribution in [1.82, 2.24) is 9.88 Å². The molecule has 1 amide bonds. The van der Waals surface area contributed by atoms with Gasteiger partial charge >= 0.3 is 0 Å². The van der Waals surface area contributed by atoms with Crippen LogP contribution in [-0.4, -0.2) is 46.2 Å². The van der Waals surface area contributed by atoms with Gasteiger partial charge < -0.3 is 24.5 Å². The molecule has 6 nitrogen and oxygen atoms in total. The third-order valence-electron chi connectivity index (χ3n) is 9.49. The molecule has 2 aliphatic carbocycles. The van der Waals surface area contributed by atoms with E-state index in [2.05, 4.69) is 23.2 Å². The Morgan fingerprint density at radius 1 is 1.14 bits per heavy atom. The number of nitrogens with zero attached hydrogens (tertiary/aromatic N) is 1. The molecule has 1 aromatic heterocycles. The maximum Gasteiger partial charge on any atom is 0.227 e. The molecule has 0 unspecified atom stereocenters. The summed E-state index contributed by atoms with van der Waals surface area (Å²) in [7, 11) is 1.66. The SMILES string of the molecule is COc1ccc2c3c1O[C@H]1c4[nH]c5ccccc5c4C[C@@]4(O)[C@@H](C2)N(C(=O)Cc2ccccc2)CC[C@]314. The number of H-pyrrole nitrogens is 1. The lowest BCUT2D eigenvalue weighted by molar-refractivity contribution is -0.182. The van der Waals surface area contributed by atoms with Crippen molar-refractivity contribution in [2.75, 3.05) is 13.7 Å². The number of fused-ring (bicyclic) bond motifs is 4. The normalized spacial score (nSPS) is 28.4. The number of aromatic nitrogens is 1. The Morgan fingerprint density at radius 2 is 1.95 bits per heavy atom. The summed E-state index contributed by atoms with van der Waals surface area (Å²) < 4.78 is 12.5.